The Labute approximate surface area is 194 Å². The van der Waals surface area contributed by atoms with Crippen LogP contribution in [0.25, 0.3) is 10.9 Å². The van der Waals surface area contributed by atoms with Crippen LogP contribution in [0.5, 0.6) is 0 Å². The largest absolute Gasteiger partial charge is 0.356 e. The predicted octanol–water partition coefficient (Wildman–Crippen LogP) is 2.08. The summed E-state index contributed by atoms with van der Waals surface area (Å²) < 4.78 is 27.7. The van der Waals surface area contributed by atoms with E-state index in [2.05, 4.69) is 21.7 Å². The first kappa shape index (κ1) is 22.3. The number of aromatic amines is 1. The number of carbonyl (C=O) groups excluding carboxylic acids is 3. The van der Waals surface area contributed by atoms with Gasteiger partial charge in [-0.3, -0.25) is 14.4 Å². The Balaban J connectivity index is 1.38. The molecule has 1 aromatic carbocycles. The van der Waals surface area contributed by atoms with Gasteiger partial charge in [0.2, 0.25) is 11.8 Å². The third kappa shape index (κ3) is 3.50. The fraction of sp³-hybridized carbons (Fsp3) is 0.500. The molecule has 5 rings (SSSR count). The van der Waals surface area contributed by atoms with E-state index in [1.807, 2.05) is 13.8 Å². The lowest BCUT2D eigenvalue weighted by molar-refractivity contribution is -0.127. The number of aromatic nitrogens is 1. The molecule has 0 bridgehead atoms. The van der Waals surface area contributed by atoms with E-state index in [9.17, 15) is 28.4 Å². The molecule has 5 atom stereocenters. The molecule has 1 aliphatic carbocycles. The van der Waals surface area contributed by atoms with Crippen molar-refractivity contribution in [1.29, 1.82) is 5.26 Å². The monoisotopic (exact) mass is 469 g/mol. The normalized spacial score (nSPS) is 27.7. The Hall–Kier alpha value is -3.48. The van der Waals surface area contributed by atoms with E-state index in [1.54, 1.807) is 0 Å². The second-order valence-electron chi connectivity index (χ2n) is 10.1. The number of halogens is 2. The molecule has 1 unspecified atom stereocenters. The summed E-state index contributed by atoms with van der Waals surface area (Å²) in [6.07, 6.45) is 0.815. The Morgan fingerprint density at radius 2 is 2.09 bits per heavy atom. The van der Waals surface area contributed by atoms with Crippen LogP contribution in [0.3, 0.4) is 0 Å². The zero-order valence-corrected chi connectivity index (χ0v) is 18.8. The predicted molar refractivity (Wildman–Crippen MR) is 117 cm³/mol. The van der Waals surface area contributed by atoms with Gasteiger partial charge in [-0.05, 0) is 42.2 Å². The molecule has 2 aromatic rings. The van der Waals surface area contributed by atoms with Crippen LogP contribution in [0.4, 0.5) is 8.78 Å². The van der Waals surface area contributed by atoms with Gasteiger partial charge in [-0.15, -0.1) is 0 Å². The van der Waals surface area contributed by atoms with E-state index in [0.717, 1.165) is 12.1 Å². The first-order valence-electron chi connectivity index (χ1n) is 11.4. The Morgan fingerprint density at radius 1 is 1.32 bits per heavy atom. The minimum atomic E-state index is -0.857. The molecule has 1 aromatic heterocycles. The molecule has 2 saturated heterocycles. The molecule has 3 fully saturated rings. The van der Waals surface area contributed by atoms with Gasteiger partial charge < -0.3 is 20.5 Å². The fourth-order valence-electron chi connectivity index (χ4n) is 5.79. The molecule has 3 amide bonds. The molecule has 0 spiro atoms. The average Bonchev–Trinajstić information content (AvgIpc) is 3.28. The van der Waals surface area contributed by atoms with E-state index < -0.39 is 35.5 Å². The van der Waals surface area contributed by atoms with Crippen LogP contribution in [0.1, 0.15) is 37.2 Å². The van der Waals surface area contributed by atoms with Crippen molar-refractivity contribution in [3.05, 3.63) is 35.5 Å². The number of fused-ring (bicyclic) bond motifs is 2. The van der Waals surface area contributed by atoms with E-state index in [-0.39, 0.29) is 52.1 Å². The van der Waals surface area contributed by atoms with Crippen LogP contribution < -0.4 is 10.6 Å². The number of benzene rings is 1. The van der Waals surface area contributed by atoms with Crippen LogP contribution in [-0.4, -0.2) is 52.8 Å². The molecule has 8 nitrogen and oxygen atoms in total. The van der Waals surface area contributed by atoms with Gasteiger partial charge in [0.25, 0.3) is 5.91 Å². The van der Waals surface area contributed by atoms with Crippen LogP contribution in [0.2, 0.25) is 0 Å². The maximum Gasteiger partial charge on any atom is 0.271 e. The molecular formula is C24H25F2N5O3. The first-order valence-corrected chi connectivity index (χ1v) is 11.4. The van der Waals surface area contributed by atoms with Gasteiger partial charge in [-0.1, -0.05) is 13.8 Å². The summed E-state index contributed by atoms with van der Waals surface area (Å²) >= 11 is 0. The third-order valence-electron chi connectivity index (χ3n) is 7.77. The summed E-state index contributed by atoms with van der Waals surface area (Å²) in [4.78, 5) is 42.8. The highest BCUT2D eigenvalue weighted by atomic mass is 19.1. The van der Waals surface area contributed by atoms with E-state index in [4.69, 9.17) is 0 Å². The molecule has 34 heavy (non-hydrogen) atoms. The molecule has 3 N–H and O–H groups in total. The first-order chi connectivity index (χ1) is 16.1. The third-order valence-corrected chi connectivity index (χ3v) is 7.77. The van der Waals surface area contributed by atoms with E-state index >= 15 is 0 Å². The van der Waals surface area contributed by atoms with Crippen molar-refractivity contribution >= 4 is 28.6 Å². The Kier molecular flexibility index (Phi) is 5.11. The highest BCUT2D eigenvalue weighted by Crippen LogP contribution is 2.65. The van der Waals surface area contributed by atoms with E-state index in [0.29, 0.717) is 19.5 Å². The number of hydrogen-bond donors (Lipinski definition) is 3. The van der Waals surface area contributed by atoms with E-state index in [1.165, 1.54) is 11.0 Å². The van der Waals surface area contributed by atoms with Gasteiger partial charge in [0, 0.05) is 30.5 Å². The molecular weight excluding hydrogens is 444 g/mol. The minimum Gasteiger partial charge on any atom is -0.356 e. The van der Waals surface area contributed by atoms with Crippen molar-refractivity contribution in [2.75, 3.05) is 13.1 Å². The molecule has 2 aliphatic heterocycles. The number of likely N-dealkylation sites (tertiary alicyclic amines) is 1. The van der Waals surface area contributed by atoms with Crippen molar-refractivity contribution in [3.63, 3.8) is 0 Å². The summed E-state index contributed by atoms with van der Waals surface area (Å²) in [6, 6.07) is 3.66. The number of nitrogens with one attached hydrogen (secondary N) is 3. The van der Waals surface area contributed by atoms with Gasteiger partial charge in [-0.2, -0.15) is 5.26 Å². The molecule has 178 valence electrons. The number of hydrogen-bond acceptors (Lipinski definition) is 4. The molecule has 3 heterocycles. The second kappa shape index (κ2) is 7.79. The van der Waals surface area contributed by atoms with Crippen molar-refractivity contribution in [3.8, 4) is 6.07 Å². The number of H-pyrrole nitrogens is 1. The highest BCUT2D eigenvalue weighted by molar-refractivity contribution is 6.01. The van der Waals surface area contributed by atoms with Gasteiger partial charge in [0.15, 0.2) is 0 Å². The lowest BCUT2D eigenvalue weighted by atomic mass is 9.97. The lowest BCUT2D eigenvalue weighted by Gasteiger charge is -2.30. The number of piperidine rings is 1. The fourth-order valence-corrected chi connectivity index (χ4v) is 5.79. The molecule has 3 aliphatic rings. The Bertz CT molecular complexity index is 1250. The maximum atomic E-state index is 14.1. The summed E-state index contributed by atoms with van der Waals surface area (Å²) in [5, 5.41) is 15.3. The standard InChI is InChI=1S/C24H25F2N5O3/c1-24(2)15-10-31(23(34)17-7-12-5-13(25)8-16(26)19(12)30-17)20(18(15)24)22(33)29-14(9-27)6-11-3-4-28-21(11)32/h5,7-8,11,14-15,18,20,30H,3-4,6,10H2,1-2H3,(H,28,32)(H,29,33)/t11?,14-,15-,18-,20-/m0/s1. The van der Waals surface area contributed by atoms with Crippen LogP contribution in [-0.2, 0) is 9.59 Å². The zero-order chi connectivity index (χ0) is 24.4. The zero-order valence-electron chi connectivity index (χ0n) is 18.8. The number of rotatable bonds is 5. The average molecular weight is 469 g/mol. The van der Waals surface area contributed by atoms with Gasteiger partial charge in [0.1, 0.15) is 29.4 Å². The summed E-state index contributed by atoms with van der Waals surface area (Å²) in [7, 11) is 0. The van der Waals surface area contributed by atoms with Gasteiger partial charge in [-0.25, -0.2) is 8.78 Å². The van der Waals surface area contributed by atoms with Gasteiger partial charge >= 0.3 is 0 Å². The van der Waals surface area contributed by atoms with Crippen molar-refractivity contribution in [2.45, 2.75) is 38.8 Å². The minimum absolute atomic E-state index is 0.0230. The number of amides is 3. The quantitative estimate of drug-likeness (QED) is 0.621. The second-order valence-corrected chi connectivity index (χ2v) is 10.1. The van der Waals surface area contributed by atoms with Crippen LogP contribution >= 0.6 is 0 Å². The summed E-state index contributed by atoms with van der Waals surface area (Å²) in [6.45, 7) is 4.98. The Morgan fingerprint density at radius 3 is 2.76 bits per heavy atom. The number of carbonyl (C=O) groups is 3. The summed E-state index contributed by atoms with van der Waals surface area (Å²) in [5.41, 5.74) is -0.0484. The maximum absolute atomic E-state index is 14.1. The van der Waals surface area contributed by atoms with Crippen LogP contribution in [0, 0.1) is 46.1 Å². The van der Waals surface area contributed by atoms with Crippen LogP contribution in [0.15, 0.2) is 18.2 Å². The van der Waals surface area contributed by atoms with Crippen molar-refractivity contribution in [2.24, 2.45) is 23.2 Å². The SMILES string of the molecule is CC1(C)[C@@H]2[C@@H](C(=O)N[C@H](C#N)CC3CCNC3=O)N(C(=O)c3cc4cc(F)cc(F)c4[nH]3)C[C@@H]21. The molecule has 0 radical (unpaired) electrons. The highest BCUT2D eigenvalue weighted by Gasteiger charge is 2.69. The van der Waals surface area contributed by atoms with Crippen molar-refractivity contribution < 1.29 is 23.2 Å². The number of nitrogens with zero attached hydrogens (tertiary/aromatic N) is 2. The van der Waals surface area contributed by atoms with Gasteiger partial charge in [0.05, 0.1) is 11.6 Å². The summed E-state index contributed by atoms with van der Waals surface area (Å²) in [5.74, 6) is -2.90. The number of nitriles is 1. The topological polar surface area (TPSA) is 118 Å². The molecule has 10 heteroatoms. The lowest BCUT2D eigenvalue weighted by Crippen LogP contribution is -2.52. The molecule has 1 saturated carbocycles. The smallest absolute Gasteiger partial charge is 0.271 e. The van der Waals surface area contributed by atoms with Crippen molar-refractivity contribution in [1.82, 2.24) is 20.5 Å².